The summed E-state index contributed by atoms with van der Waals surface area (Å²) in [5.41, 5.74) is 2.93. The Morgan fingerprint density at radius 1 is 1.32 bits per heavy atom. The molecular formula is C19H29ClN2O2S. The zero-order valence-electron chi connectivity index (χ0n) is 15.5. The van der Waals surface area contributed by atoms with Crippen LogP contribution in [0.15, 0.2) is 56.5 Å². The van der Waals surface area contributed by atoms with Gasteiger partial charge in [-0.15, -0.1) is 0 Å². The van der Waals surface area contributed by atoms with Crippen molar-refractivity contribution < 1.29 is 10.2 Å². The zero-order chi connectivity index (χ0) is 19.4. The predicted octanol–water partition coefficient (Wildman–Crippen LogP) is 4.36. The van der Waals surface area contributed by atoms with Crippen LogP contribution in [0.4, 0.5) is 0 Å². The van der Waals surface area contributed by atoms with Gasteiger partial charge in [0.2, 0.25) is 0 Å². The quantitative estimate of drug-likeness (QED) is 0.352. The van der Waals surface area contributed by atoms with Crippen molar-refractivity contribution in [1.29, 1.82) is 0 Å². The molecule has 4 nitrogen and oxygen atoms in total. The minimum Gasteiger partial charge on any atom is -0.396 e. The number of aliphatic imine (C=N–C) groups is 2. The number of nitrogens with zero attached hydrogens (tertiary/aromatic N) is 2. The molecule has 0 aromatic carbocycles. The van der Waals surface area contributed by atoms with Crippen LogP contribution in [0, 0.1) is 5.92 Å². The molecule has 0 aromatic heterocycles. The van der Waals surface area contributed by atoms with Gasteiger partial charge in [0.25, 0.3) is 0 Å². The van der Waals surface area contributed by atoms with Gasteiger partial charge < -0.3 is 10.2 Å². The second-order valence-electron chi connectivity index (χ2n) is 5.68. The minimum absolute atomic E-state index is 0.140. The first-order valence-electron chi connectivity index (χ1n) is 8.10. The molecule has 0 amide bonds. The summed E-state index contributed by atoms with van der Waals surface area (Å²) in [5.74, 6) is 0.928. The van der Waals surface area contributed by atoms with Crippen molar-refractivity contribution in [1.82, 2.24) is 0 Å². The monoisotopic (exact) mass is 384 g/mol. The molecule has 0 aliphatic rings. The number of halogens is 1. The summed E-state index contributed by atoms with van der Waals surface area (Å²) in [6.07, 6.45) is 4.08. The first-order chi connectivity index (χ1) is 11.8. The molecule has 0 bridgehead atoms. The maximum atomic E-state index is 9.52. The SMILES string of the molecule is C=C(C)C(=C)\C(=C/C(Cl)=C(/C=N/C(=NC)SCC(C)CO)CC)CO. The molecule has 6 heteroatoms. The van der Waals surface area contributed by atoms with Gasteiger partial charge in [-0.3, -0.25) is 4.99 Å². The van der Waals surface area contributed by atoms with Crippen molar-refractivity contribution in [2.24, 2.45) is 15.9 Å². The Balaban J connectivity index is 5.36. The fraction of sp³-hybridized carbons (Fsp3) is 0.474. The van der Waals surface area contributed by atoms with Gasteiger partial charge >= 0.3 is 0 Å². The topological polar surface area (TPSA) is 65.2 Å². The van der Waals surface area contributed by atoms with Crippen LogP contribution in [0.2, 0.25) is 0 Å². The van der Waals surface area contributed by atoms with Gasteiger partial charge in [-0.05, 0) is 42.1 Å². The van der Waals surface area contributed by atoms with E-state index in [0.29, 0.717) is 27.8 Å². The molecule has 0 aromatic rings. The van der Waals surface area contributed by atoms with E-state index in [1.165, 1.54) is 11.8 Å². The van der Waals surface area contributed by atoms with Crippen LogP contribution in [0.3, 0.4) is 0 Å². The number of thioether (sulfide) groups is 1. The summed E-state index contributed by atoms with van der Waals surface area (Å²) in [6, 6.07) is 0. The summed E-state index contributed by atoms with van der Waals surface area (Å²) in [7, 11) is 1.68. The second kappa shape index (κ2) is 13.1. The van der Waals surface area contributed by atoms with Crippen LogP contribution in [-0.4, -0.2) is 47.6 Å². The van der Waals surface area contributed by atoms with Crippen molar-refractivity contribution >= 4 is 34.7 Å². The highest BCUT2D eigenvalue weighted by molar-refractivity contribution is 8.13. The summed E-state index contributed by atoms with van der Waals surface area (Å²) in [4.78, 5) is 8.53. The molecule has 0 saturated heterocycles. The van der Waals surface area contributed by atoms with E-state index in [1.807, 2.05) is 20.8 Å². The number of rotatable bonds is 9. The maximum absolute atomic E-state index is 9.52. The second-order valence-corrected chi connectivity index (χ2v) is 7.07. The van der Waals surface area contributed by atoms with E-state index in [9.17, 15) is 5.11 Å². The lowest BCUT2D eigenvalue weighted by Crippen LogP contribution is -2.05. The Kier molecular flexibility index (Phi) is 12.5. The average Bonchev–Trinajstić information content (AvgIpc) is 2.61. The van der Waals surface area contributed by atoms with Gasteiger partial charge in [-0.1, -0.05) is 55.9 Å². The third-order valence-electron chi connectivity index (χ3n) is 3.39. The number of aliphatic hydroxyl groups excluding tert-OH is 2. The lowest BCUT2D eigenvalue weighted by molar-refractivity contribution is 0.250. The highest BCUT2D eigenvalue weighted by Crippen LogP contribution is 2.21. The van der Waals surface area contributed by atoms with Crippen LogP contribution in [0.25, 0.3) is 0 Å². The van der Waals surface area contributed by atoms with E-state index in [-0.39, 0.29) is 19.1 Å². The largest absolute Gasteiger partial charge is 0.396 e. The fourth-order valence-corrected chi connectivity index (χ4v) is 2.74. The summed E-state index contributed by atoms with van der Waals surface area (Å²) < 4.78 is 0. The van der Waals surface area contributed by atoms with Gasteiger partial charge in [0.05, 0.1) is 6.61 Å². The smallest absolute Gasteiger partial charge is 0.182 e. The first kappa shape index (κ1) is 23.9. The minimum atomic E-state index is -0.160. The predicted molar refractivity (Wildman–Crippen MR) is 113 cm³/mol. The molecule has 0 radical (unpaired) electrons. The molecule has 0 spiro atoms. The van der Waals surface area contributed by atoms with E-state index in [4.69, 9.17) is 16.7 Å². The molecule has 0 heterocycles. The zero-order valence-corrected chi connectivity index (χ0v) is 17.1. The van der Waals surface area contributed by atoms with E-state index in [2.05, 4.69) is 23.1 Å². The Morgan fingerprint density at radius 2 is 1.96 bits per heavy atom. The number of amidine groups is 1. The lowest BCUT2D eigenvalue weighted by atomic mass is 10.0. The van der Waals surface area contributed by atoms with Gasteiger partial charge in [-0.25, -0.2) is 4.99 Å². The molecule has 0 saturated carbocycles. The van der Waals surface area contributed by atoms with Crippen molar-refractivity contribution in [3.05, 3.63) is 46.6 Å². The van der Waals surface area contributed by atoms with Crippen LogP contribution in [0.1, 0.15) is 27.2 Å². The van der Waals surface area contributed by atoms with Crippen LogP contribution < -0.4 is 0 Å². The number of hydrogen-bond donors (Lipinski definition) is 2. The maximum Gasteiger partial charge on any atom is 0.182 e. The summed E-state index contributed by atoms with van der Waals surface area (Å²) in [5, 5.41) is 19.7. The van der Waals surface area contributed by atoms with Crippen molar-refractivity contribution in [3.63, 3.8) is 0 Å². The van der Waals surface area contributed by atoms with E-state index in [1.54, 1.807) is 19.3 Å². The third kappa shape index (κ3) is 9.21. The van der Waals surface area contributed by atoms with Crippen molar-refractivity contribution in [2.75, 3.05) is 26.0 Å². The molecular weight excluding hydrogens is 356 g/mol. The number of allylic oxidation sites excluding steroid dienone is 4. The Labute approximate surface area is 160 Å². The standard InChI is InChI=1S/C19H29ClN2O2S/c1-7-16(9-22-19(21-6)25-12-14(4)10-23)18(20)8-17(11-24)15(5)13(2)3/h8-9,14,23-24H,2,5,7,10-12H2,1,3-4,6H3/b17-8-,18-16-,21-19?,22-9+. The molecule has 0 rings (SSSR count). The Hall–Kier alpha value is -1.14. The first-order valence-corrected chi connectivity index (χ1v) is 9.46. The molecule has 0 aliphatic carbocycles. The molecule has 2 N–H and O–H groups in total. The normalized spacial score (nSPS) is 15.3. The molecule has 0 fully saturated rings. The highest BCUT2D eigenvalue weighted by atomic mass is 35.5. The fourth-order valence-electron chi connectivity index (χ4n) is 1.63. The number of aliphatic hydroxyl groups is 2. The van der Waals surface area contributed by atoms with Gasteiger partial charge in [0.1, 0.15) is 0 Å². The van der Waals surface area contributed by atoms with Crippen LogP contribution >= 0.6 is 23.4 Å². The van der Waals surface area contributed by atoms with Gasteiger partial charge in [0, 0.05) is 30.7 Å². The van der Waals surface area contributed by atoms with E-state index >= 15 is 0 Å². The number of hydrogen-bond acceptors (Lipinski definition) is 4. The van der Waals surface area contributed by atoms with Crippen LogP contribution in [0.5, 0.6) is 0 Å². The van der Waals surface area contributed by atoms with Crippen molar-refractivity contribution in [2.45, 2.75) is 27.2 Å². The molecule has 25 heavy (non-hydrogen) atoms. The highest BCUT2D eigenvalue weighted by Gasteiger charge is 2.07. The molecule has 140 valence electrons. The van der Waals surface area contributed by atoms with E-state index in [0.717, 1.165) is 16.9 Å². The third-order valence-corrected chi connectivity index (χ3v) is 5.03. The van der Waals surface area contributed by atoms with E-state index < -0.39 is 0 Å². The lowest BCUT2D eigenvalue weighted by Gasteiger charge is -2.09. The molecule has 0 aliphatic heterocycles. The van der Waals surface area contributed by atoms with Crippen molar-refractivity contribution in [3.8, 4) is 0 Å². The van der Waals surface area contributed by atoms with Gasteiger partial charge in [-0.2, -0.15) is 0 Å². The average molecular weight is 385 g/mol. The van der Waals surface area contributed by atoms with Crippen LogP contribution in [-0.2, 0) is 0 Å². The molecule has 1 atom stereocenters. The summed E-state index contributed by atoms with van der Waals surface area (Å²) >= 11 is 7.89. The molecule has 1 unspecified atom stereocenters. The Morgan fingerprint density at radius 3 is 2.40 bits per heavy atom. The Bertz CT molecular complexity index is 592. The van der Waals surface area contributed by atoms with Gasteiger partial charge in [0.15, 0.2) is 5.17 Å². The summed E-state index contributed by atoms with van der Waals surface area (Å²) in [6.45, 7) is 13.5.